The van der Waals surface area contributed by atoms with Crippen molar-refractivity contribution in [1.82, 2.24) is 10.3 Å². The van der Waals surface area contributed by atoms with Gasteiger partial charge >= 0.3 is 5.97 Å². The summed E-state index contributed by atoms with van der Waals surface area (Å²) in [6, 6.07) is 18.5. The van der Waals surface area contributed by atoms with Crippen LogP contribution in [0.3, 0.4) is 0 Å². The molecule has 1 unspecified atom stereocenters. The molecule has 0 radical (unpaired) electrons. The molecule has 7 heteroatoms. The molecule has 4 aromatic rings. The van der Waals surface area contributed by atoms with E-state index in [1.54, 1.807) is 18.2 Å². The molecule has 1 saturated carbocycles. The summed E-state index contributed by atoms with van der Waals surface area (Å²) in [5.41, 5.74) is 2.46. The van der Waals surface area contributed by atoms with Gasteiger partial charge in [-0.2, -0.15) is 0 Å². The first kappa shape index (κ1) is 28.4. The SMILES string of the molecule is COC(=O)C(Cc1ccco1)NC(=O)c1cc2ccc(Oc3ccc(C(C)(C)C)cc3)cc2c(CC2CCCC2)n1. The molecule has 1 amide bonds. The molecule has 1 aliphatic rings. The molecule has 2 aromatic heterocycles. The Balaban J connectivity index is 1.43. The quantitative estimate of drug-likeness (QED) is 0.221. The third kappa shape index (κ3) is 6.96. The summed E-state index contributed by atoms with van der Waals surface area (Å²) in [7, 11) is 1.30. The van der Waals surface area contributed by atoms with Crippen molar-refractivity contribution in [1.29, 1.82) is 0 Å². The van der Waals surface area contributed by atoms with Crippen molar-refractivity contribution in [2.45, 2.75) is 70.8 Å². The van der Waals surface area contributed by atoms with Crippen LogP contribution in [0.25, 0.3) is 10.8 Å². The molecule has 7 nitrogen and oxygen atoms in total. The Bertz CT molecular complexity index is 1500. The van der Waals surface area contributed by atoms with Crippen molar-refractivity contribution in [2.24, 2.45) is 5.92 Å². The number of fused-ring (bicyclic) bond motifs is 1. The number of carbonyl (C=O) groups excluding carboxylic acids is 2. The molecule has 0 aliphatic heterocycles. The van der Waals surface area contributed by atoms with Gasteiger partial charge < -0.3 is 19.2 Å². The Labute approximate surface area is 241 Å². The first-order chi connectivity index (χ1) is 19.7. The molecule has 0 bridgehead atoms. The van der Waals surface area contributed by atoms with Crippen molar-refractivity contribution in [3.05, 3.63) is 89.6 Å². The summed E-state index contributed by atoms with van der Waals surface area (Å²) < 4.78 is 16.6. The second-order valence-electron chi connectivity index (χ2n) is 11.9. The zero-order valence-corrected chi connectivity index (χ0v) is 24.2. The van der Waals surface area contributed by atoms with Gasteiger partial charge in [-0.15, -0.1) is 0 Å². The highest BCUT2D eigenvalue weighted by Gasteiger charge is 2.26. The number of nitrogens with zero attached hydrogens (tertiary/aromatic N) is 1. The third-order valence-electron chi connectivity index (χ3n) is 7.81. The minimum Gasteiger partial charge on any atom is -0.469 e. The number of rotatable bonds is 9. The predicted octanol–water partition coefficient (Wildman–Crippen LogP) is 7.16. The van der Waals surface area contributed by atoms with E-state index < -0.39 is 17.9 Å². The number of esters is 1. The molecule has 0 spiro atoms. The van der Waals surface area contributed by atoms with E-state index in [0.717, 1.165) is 47.2 Å². The van der Waals surface area contributed by atoms with E-state index in [-0.39, 0.29) is 17.5 Å². The average molecular weight is 555 g/mol. The molecule has 5 rings (SSSR count). The molecular formula is C34H38N2O5. The lowest BCUT2D eigenvalue weighted by molar-refractivity contribution is -0.142. The highest BCUT2D eigenvalue weighted by molar-refractivity contribution is 5.99. The van der Waals surface area contributed by atoms with Crippen LogP contribution in [0.5, 0.6) is 11.5 Å². The van der Waals surface area contributed by atoms with Crippen LogP contribution in [0.15, 0.2) is 71.3 Å². The Hall–Kier alpha value is -4.13. The van der Waals surface area contributed by atoms with Gasteiger partial charge in [-0.3, -0.25) is 4.79 Å². The third-order valence-corrected chi connectivity index (χ3v) is 7.81. The normalized spacial score (nSPS) is 14.6. The molecule has 0 saturated heterocycles. The number of furan rings is 1. The van der Waals surface area contributed by atoms with E-state index in [4.69, 9.17) is 18.9 Å². The molecule has 1 atom stereocenters. The second kappa shape index (κ2) is 12.2. The van der Waals surface area contributed by atoms with E-state index in [1.165, 1.54) is 31.8 Å². The average Bonchev–Trinajstić information content (AvgIpc) is 3.67. The molecule has 41 heavy (non-hydrogen) atoms. The number of hydrogen-bond acceptors (Lipinski definition) is 6. The topological polar surface area (TPSA) is 90.7 Å². The maximum absolute atomic E-state index is 13.4. The highest BCUT2D eigenvalue weighted by atomic mass is 16.5. The van der Waals surface area contributed by atoms with E-state index in [9.17, 15) is 9.59 Å². The molecule has 214 valence electrons. The summed E-state index contributed by atoms with van der Waals surface area (Å²) >= 11 is 0. The van der Waals surface area contributed by atoms with Gasteiger partial charge in [0.25, 0.3) is 5.91 Å². The number of pyridine rings is 1. The summed E-state index contributed by atoms with van der Waals surface area (Å²) in [6.45, 7) is 6.57. The van der Waals surface area contributed by atoms with Crippen LogP contribution < -0.4 is 10.1 Å². The first-order valence-corrected chi connectivity index (χ1v) is 14.3. The van der Waals surface area contributed by atoms with Crippen LogP contribution in [0, 0.1) is 5.92 Å². The smallest absolute Gasteiger partial charge is 0.328 e. The molecule has 2 heterocycles. The number of ether oxygens (including phenoxy) is 2. The summed E-state index contributed by atoms with van der Waals surface area (Å²) in [6.07, 6.45) is 7.25. The standard InChI is InChI=1S/C34H38N2O5/c1-34(2,3)24-12-15-25(16-13-24)41-27-14-11-23-19-30(35-29(28(23)20-27)18-22-8-5-6-9-22)32(37)36-31(33(38)39-4)21-26-10-7-17-40-26/h7,10-17,19-20,22,31H,5-6,8-9,18,21H2,1-4H3,(H,36,37). The lowest BCUT2D eigenvalue weighted by Gasteiger charge is -2.19. The number of aromatic nitrogens is 1. The van der Waals surface area contributed by atoms with Crippen LogP contribution in [-0.2, 0) is 27.8 Å². The van der Waals surface area contributed by atoms with Gasteiger partial charge in [0.2, 0.25) is 0 Å². The van der Waals surface area contributed by atoms with Gasteiger partial charge in [-0.1, -0.05) is 64.7 Å². The van der Waals surface area contributed by atoms with Crippen molar-refractivity contribution in [3.8, 4) is 11.5 Å². The van der Waals surface area contributed by atoms with Gasteiger partial charge in [-0.05, 0) is 71.2 Å². The highest BCUT2D eigenvalue weighted by Crippen LogP contribution is 2.33. The van der Waals surface area contributed by atoms with Crippen LogP contribution >= 0.6 is 0 Å². The Morgan fingerprint density at radius 3 is 2.41 bits per heavy atom. The number of nitrogens with one attached hydrogen (secondary N) is 1. The van der Waals surface area contributed by atoms with Crippen LogP contribution in [0.2, 0.25) is 0 Å². The van der Waals surface area contributed by atoms with E-state index in [2.05, 4.69) is 38.2 Å². The zero-order chi connectivity index (χ0) is 29.0. The van der Waals surface area contributed by atoms with Crippen molar-refractivity contribution in [3.63, 3.8) is 0 Å². The maximum Gasteiger partial charge on any atom is 0.328 e. The van der Waals surface area contributed by atoms with Crippen molar-refractivity contribution >= 4 is 22.6 Å². The number of hydrogen-bond donors (Lipinski definition) is 1. The van der Waals surface area contributed by atoms with E-state index in [0.29, 0.717) is 11.7 Å². The number of carbonyl (C=O) groups is 2. The van der Waals surface area contributed by atoms with Crippen molar-refractivity contribution < 1.29 is 23.5 Å². The monoisotopic (exact) mass is 554 g/mol. The Morgan fingerprint density at radius 2 is 1.76 bits per heavy atom. The van der Waals surface area contributed by atoms with Gasteiger partial charge in [-0.25, -0.2) is 9.78 Å². The largest absolute Gasteiger partial charge is 0.469 e. The lowest BCUT2D eigenvalue weighted by Crippen LogP contribution is -2.43. The fourth-order valence-corrected chi connectivity index (χ4v) is 5.48. The van der Waals surface area contributed by atoms with Gasteiger partial charge in [0.15, 0.2) is 0 Å². The Morgan fingerprint density at radius 1 is 1.02 bits per heavy atom. The number of amides is 1. The van der Waals surface area contributed by atoms with Gasteiger partial charge in [0.1, 0.15) is 29.0 Å². The van der Waals surface area contributed by atoms with Crippen LogP contribution in [-0.4, -0.2) is 30.0 Å². The minimum absolute atomic E-state index is 0.0714. The fourth-order valence-electron chi connectivity index (χ4n) is 5.48. The van der Waals surface area contributed by atoms with Crippen molar-refractivity contribution in [2.75, 3.05) is 7.11 Å². The summed E-state index contributed by atoms with van der Waals surface area (Å²) in [5, 5.41) is 4.67. The Kier molecular flexibility index (Phi) is 8.43. The number of benzene rings is 2. The number of methoxy groups -OCH3 is 1. The molecule has 2 aromatic carbocycles. The van der Waals surface area contributed by atoms with Crippen LogP contribution in [0.1, 0.15) is 74.0 Å². The minimum atomic E-state index is -0.894. The van der Waals surface area contributed by atoms with Crippen LogP contribution in [0.4, 0.5) is 0 Å². The van der Waals surface area contributed by atoms with Gasteiger partial charge in [0.05, 0.1) is 13.4 Å². The van der Waals surface area contributed by atoms with E-state index in [1.807, 2.05) is 30.3 Å². The summed E-state index contributed by atoms with van der Waals surface area (Å²) in [4.78, 5) is 30.7. The summed E-state index contributed by atoms with van der Waals surface area (Å²) in [5.74, 6) is 1.62. The second-order valence-corrected chi connectivity index (χ2v) is 11.9. The van der Waals surface area contributed by atoms with E-state index >= 15 is 0 Å². The predicted molar refractivity (Wildman–Crippen MR) is 158 cm³/mol. The first-order valence-electron chi connectivity index (χ1n) is 14.3. The molecule has 1 aliphatic carbocycles. The molecule has 1 N–H and O–H groups in total. The maximum atomic E-state index is 13.4. The molecule has 1 fully saturated rings. The van der Waals surface area contributed by atoms with Gasteiger partial charge in [0, 0.05) is 17.5 Å². The fraction of sp³-hybridized carbons (Fsp3) is 0.382. The lowest BCUT2D eigenvalue weighted by atomic mass is 9.87. The zero-order valence-electron chi connectivity index (χ0n) is 24.2. The molecular weight excluding hydrogens is 516 g/mol.